The van der Waals surface area contributed by atoms with Crippen molar-refractivity contribution in [2.45, 2.75) is 24.2 Å². The molecule has 0 aliphatic rings. The van der Waals surface area contributed by atoms with Gasteiger partial charge in [-0.3, -0.25) is 0 Å². The summed E-state index contributed by atoms with van der Waals surface area (Å²) >= 11 is 17.7. The average molecular weight is 332 g/mol. The highest BCUT2D eigenvalue weighted by Gasteiger charge is 2.44. The largest absolute Gasteiger partial charge is 0.385 e. The van der Waals surface area contributed by atoms with Gasteiger partial charge in [-0.2, -0.15) is 0 Å². The van der Waals surface area contributed by atoms with Crippen LogP contribution in [-0.4, -0.2) is 23.5 Å². The molecule has 0 aromatic heterocycles. The SMILES string of the molecule is CCS(=O)(=O)[C@@](C)(Cl)[C@H](O)c1ccc(Cl)cc1Cl. The minimum absolute atomic E-state index is 0.171. The number of benzene rings is 1. The molecule has 0 radical (unpaired) electrons. The van der Waals surface area contributed by atoms with Crippen LogP contribution in [0, 0.1) is 0 Å². The van der Waals surface area contributed by atoms with Gasteiger partial charge < -0.3 is 5.11 Å². The van der Waals surface area contributed by atoms with Crippen LogP contribution in [0.15, 0.2) is 18.2 Å². The Labute approximate surface area is 122 Å². The van der Waals surface area contributed by atoms with Crippen LogP contribution in [0.1, 0.15) is 25.5 Å². The second-order valence-electron chi connectivity index (χ2n) is 3.96. The monoisotopic (exact) mass is 330 g/mol. The molecule has 0 saturated heterocycles. The standard InChI is InChI=1S/C11H13Cl3O3S/c1-3-18(16,17)11(2,14)10(15)8-5-4-7(12)6-9(8)13/h4-6,10,15H,3H2,1-2H3/t10-,11-/m1/s1. The first kappa shape index (κ1) is 16.1. The molecule has 0 aliphatic carbocycles. The zero-order valence-corrected chi connectivity index (χ0v) is 12.9. The molecule has 0 amide bonds. The first-order chi connectivity index (χ1) is 8.13. The van der Waals surface area contributed by atoms with E-state index < -0.39 is 20.1 Å². The highest BCUT2D eigenvalue weighted by Crippen LogP contribution is 2.40. The molecule has 102 valence electrons. The molecule has 1 aromatic rings. The lowest BCUT2D eigenvalue weighted by molar-refractivity contribution is 0.163. The van der Waals surface area contributed by atoms with Gasteiger partial charge in [-0.15, -0.1) is 0 Å². The number of hydrogen-bond acceptors (Lipinski definition) is 3. The smallest absolute Gasteiger partial charge is 0.172 e. The zero-order chi connectivity index (χ0) is 14.1. The van der Waals surface area contributed by atoms with Gasteiger partial charge >= 0.3 is 0 Å². The van der Waals surface area contributed by atoms with Crippen molar-refractivity contribution in [2.75, 3.05) is 5.75 Å². The molecule has 7 heteroatoms. The van der Waals surface area contributed by atoms with Gasteiger partial charge in [-0.25, -0.2) is 8.42 Å². The van der Waals surface area contributed by atoms with Gasteiger partial charge in [0.2, 0.25) is 0 Å². The van der Waals surface area contributed by atoms with Gasteiger partial charge in [0, 0.05) is 21.4 Å². The summed E-state index contributed by atoms with van der Waals surface area (Å²) in [6.45, 7) is 2.72. The molecule has 1 N–H and O–H groups in total. The van der Waals surface area contributed by atoms with Crippen molar-refractivity contribution in [2.24, 2.45) is 0 Å². The Morgan fingerprint density at radius 3 is 2.39 bits per heavy atom. The van der Waals surface area contributed by atoms with E-state index in [0.717, 1.165) is 0 Å². The highest BCUT2D eigenvalue weighted by atomic mass is 35.5. The summed E-state index contributed by atoms with van der Waals surface area (Å²) in [7, 11) is -3.65. The van der Waals surface area contributed by atoms with E-state index >= 15 is 0 Å². The summed E-state index contributed by atoms with van der Waals surface area (Å²) in [6, 6.07) is 4.39. The van der Waals surface area contributed by atoms with Gasteiger partial charge in [-0.1, -0.05) is 47.8 Å². The van der Waals surface area contributed by atoms with Gasteiger partial charge in [0.25, 0.3) is 0 Å². The molecule has 0 bridgehead atoms. The third-order valence-corrected chi connectivity index (χ3v) is 6.41. The Kier molecular flexibility index (Phi) is 4.95. The summed E-state index contributed by atoms with van der Waals surface area (Å²) in [5.74, 6) is -0.171. The van der Waals surface area contributed by atoms with Crippen molar-refractivity contribution >= 4 is 44.6 Å². The zero-order valence-electron chi connectivity index (χ0n) is 9.82. The maximum Gasteiger partial charge on any atom is 0.172 e. The van der Waals surface area contributed by atoms with Crippen molar-refractivity contribution in [3.05, 3.63) is 33.8 Å². The van der Waals surface area contributed by atoms with Crippen LogP contribution in [0.3, 0.4) is 0 Å². The fraction of sp³-hybridized carbons (Fsp3) is 0.455. The molecule has 0 saturated carbocycles. The number of alkyl halides is 1. The molecule has 2 atom stereocenters. The Morgan fingerprint density at radius 2 is 1.94 bits per heavy atom. The van der Waals surface area contributed by atoms with E-state index in [2.05, 4.69) is 0 Å². The van der Waals surface area contributed by atoms with E-state index in [0.29, 0.717) is 5.02 Å². The second-order valence-corrected chi connectivity index (χ2v) is 8.47. The van der Waals surface area contributed by atoms with Crippen molar-refractivity contribution in [1.29, 1.82) is 0 Å². The first-order valence-corrected chi connectivity index (χ1v) is 7.96. The highest BCUT2D eigenvalue weighted by molar-refractivity contribution is 7.94. The Morgan fingerprint density at radius 1 is 1.39 bits per heavy atom. The molecule has 0 fully saturated rings. The van der Waals surface area contributed by atoms with E-state index in [-0.39, 0.29) is 16.3 Å². The number of rotatable bonds is 4. The number of aliphatic hydroxyl groups is 1. The number of sulfone groups is 1. The molecule has 1 rings (SSSR count). The number of hydrogen-bond donors (Lipinski definition) is 1. The lowest BCUT2D eigenvalue weighted by atomic mass is 10.1. The van der Waals surface area contributed by atoms with E-state index in [1.165, 1.54) is 32.0 Å². The van der Waals surface area contributed by atoms with E-state index in [4.69, 9.17) is 34.8 Å². The summed E-state index contributed by atoms with van der Waals surface area (Å²) < 4.78 is 21.9. The fourth-order valence-electron chi connectivity index (χ4n) is 1.45. The van der Waals surface area contributed by atoms with Gasteiger partial charge in [0.15, 0.2) is 14.0 Å². The Bertz CT molecular complexity index is 540. The van der Waals surface area contributed by atoms with Crippen molar-refractivity contribution in [3.8, 4) is 0 Å². The summed E-state index contributed by atoms with van der Waals surface area (Å²) in [4.78, 5) is 0. The van der Waals surface area contributed by atoms with Gasteiger partial charge in [0.1, 0.15) is 6.10 Å². The lowest BCUT2D eigenvalue weighted by Crippen LogP contribution is -2.37. The van der Waals surface area contributed by atoms with Crippen LogP contribution >= 0.6 is 34.8 Å². The van der Waals surface area contributed by atoms with Crippen LogP contribution in [0.4, 0.5) is 0 Å². The maximum absolute atomic E-state index is 11.9. The third-order valence-electron chi connectivity index (χ3n) is 2.73. The minimum Gasteiger partial charge on any atom is -0.385 e. The quantitative estimate of drug-likeness (QED) is 0.860. The molecule has 18 heavy (non-hydrogen) atoms. The maximum atomic E-state index is 11.9. The number of aliphatic hydroxyl groups excluding tert-OH is 1. The summed E-state index contributed by atoms with van der Waals surface area (Å²) in [6.07, 6.45) is -1.44. The van der Waals surface area contributed by atoms with Crippen LogP contribution in [0.5, 0.6) is 0 Å². The van der Waals surface area contributed by atoms with Crippen LogP contribution in [0.2, 0.25) is 10.0 Å². The Balaban J connectivity index is 3.26. The van der Waals surface area contributed by atoms with Gasteiger partial charge in [0.05, 0.1) is 0 Å². The van der Waals surface area contributed by atoms with Crippen LogP contribution < -0.4 is 0 Å². The van der Waals surface area contributed by atoms with Crippen molar-refractivity contribution in [1.82, 2.24) is 0 Å². The Hall–Kier alpha value is -0.000000000000000111. The molecule has 0 unspecified atom stereocenters. The summed E-state index contributed by atoms with van der Waals surface area (Å²) in [5.41, 5.74) is 0.232. The molecule has 1 aromatic carbocycles. The molecular weight excluding hydrogens is 319 g/mol. The third kappa shape index (κ3) is 2.94. The minimum atomic E-state index is -3.65. The molecule has 3 nitrogen and oxygen atoms in total. The first-order valence-electron chi connectivity index (χ1n) is 5.17. The number of halogens is 3. The van der Waals surface area contributed by atoms with Crippen LogP contribution in [0.25, 0.3) is 0 Å². The predicted octanol–water partition coefficient (Wildman–Crippen LogP) is 3.42. The normalized spacial score (nSPS) is 17.2. The molecule has 0 spiro atoms. The molecule has 0 aliphatic heterocycles. The van der Waals surface area contributed by atoms with Gasteiger partial charge in [-0.05, 0) is 19.1 Å². The second kappa shape index (κ2) is 5.55. The van der Waals surface area contributed by atoms with Crippen LogP contribution in [-0.2, 0) is 9.84 Å². The molecular formula is C11H13Cl3O3S. The fourth-order valence-corrected chi connectivity index (χ4v) is 3.44. The topological polar surface area (TPSA) is 54.4 Å². The van der Waals surface area contributed by atoms with E-state index in [9.17, 15) is 13.5 Å². The van der Waals surface area contributed by atoms with Crippen molar-refractivity contribution in [3.63, 3.8) is 0 Å². The van der Waals surface area contributed by atoms with E-state index in [1.807, 2.05) is 0 Å². The molecule has 0 heterocycles. The summed E-state index contributed by atoms with van der Waals surface area (Å²) in [5, 5.41) is 10.7. The van der Waals surface area contributed by atoms with E-state index in [1.54, 1.807) is 0 Å². The van der Waals surface area contributed by atoms with Crippen molar-refractivity contribution < 1.29 is 13.5 Å². The lowest BCUT2D eigenvalue weighted by Gasteiger charge is -2.28. The predicted molar refractivity (Wildman–Crippen MR) is 75.1 cm³/mol. The average Bonchev–Trinajstić information content (AvgIpc) is 2.28.